The Hall–Kier alpha value is -0.900. The molecule has 0 atom stereocenters. The number of halogens is 2. The lowest BCUT2D eigenvalue weighted by molar-refractivity contribution is -0.135. The van der Waals surface area contributed by atoms with Gasteiger partial charge in [0, 0.05) is 37.9 Å². The van der Waals surface area contributed by atoms with Crippen LogP contribution in [0.3, 0.4) is 0 Å². The van der Waals surface area contributed by atoms with Gasteiger partial charge in [-0.2, -0.15) is 0 Å². The topological polar surface area (TPSA) is 111 Å². The van der Waals surface area contributed by atoms with E-state index in [1.807, 2.05) is 0 Å². The molecule has 1 aliphatic rings. The van der Waals surface area contributed by atoms with E-state index < -0.39 is 15.4 Å². The zero-order valence-electron chi connectivity index (χ0n) is 13.7. The summed E-state index contributed by atoms with van der Waals surface area (Å²) in [6.45, 7) is 1.52. The van der Waals surface area contributed by atoms with Gasteiger partial charge in [-0.05, 0) is 31.0 Å². The molecule has 1 aromatic carbocycles. The summed E-state index contributed by atoms with van der Waals surface area (Å²) in [5, 5.41) is 3.10. The molecule has 1 saturated heterocycles. The summed E-state index contributed by atoms with van der Waals surface area (Å²) in [5.41, 5.74) is 5.14. The van der Waals surface area contributed by atoms with Crippen LogP contribution in [0.5, 0.6) is 0 Å². The third-order valence-electron chi connectivity index (χ3n) is 4.13. The second-order valence-corrected chi connectivity index (χ2v) is 7.91. The Balaban J connectivity index is 0.00000312. The molecule has 1 fully saturated rings. The summed E-state index contributed by atoms with van der Waals surface area (Å²) in [6.07, 6.45) is 1.15. The second kappa shape index (κ2) is 9.70. The second-order valence-electron chi connectivity index (χ2n) is 5.71. The van der Waals surface area contributed by atoms with Crippen molar-refractivity contribution in [1.29, 1.82) is 0 Å². The minimum Gasteiger partial charge on any atom is -0.381 e. The molecular weight excluding hydrogens is 389 g/mol. The average Bonchev–Trinajstić information content (AvgIpc) is 2.59. The quantitative estimate of drug-likeness (QED) is 0.577. The van der Waals surface area contributed by atoms with Crippen molar-refractivity contribution in [2.24, 2.45) is 11.1 Å². The van der Waals surface area contributed by atoms with Crippen molar-refractivity contribution in [2.75, 3.05) is 32.8 Å². The van der Waals surface area contributed by atoms with Gasteiger partial charge in [0.25, 0.3) is 0 Å². The van der Waals surface area contributed by atoms with Gasteiger partial charge in [0.05, 0.1) is 10.3 Å². The molecule has 4 N–H and O–H groups in total. The number of hydrogen-bond donors (Lipinski definition) is 3. The summed E-state index contributed by atoms with van der Waals surface area (Å²) >= 11 is 5.80. The predicted molar refractivity (Wildman–Crippen MR) is 98.4 cm³/mol. The molecule has 2 rings (SSSR count). The number of carbonyl (C=O) groups excluding carboxylic acids is 1. The van der Waals surface area contributed by atoms with E-state index >= 15 is 0 Å². The summed E-state index contributed by atoms with van der Waals surface area (Å²) in [6, 6.07) is 5.99. The number of benzene rings is 1. The third kappa shape index (κ3) is 5.80. The number of nitrogens with one attached hydrogen (secondary N) is 2. The van der Waals surface area contributed by atoms with Gasteiger partial charge in [0.2, 0.25) is 15.9 Å². The molecule has 142 valence electrons. The van der Waals surface area contributed by atoms with E-state index in [4.69, 9.17) is 22.1 Å². The molecule has 0 unspecified atom stereocenters. The van der Waals surface area contributed by atoms with E-state index in [0.717, 1.165) is 0 Å². The zero-order valence-corrected chi connectivity index (χ0v) is 16.1. The summed E-state index contributed by atoms with van der Waals surface area (Å²) < 4.78 is 32.0. The maximum absolute atomic E-state index is 12.3. The molecule has 0 saturated carbocycles. The van der Waals surface area contributed by atoms with Crippen LogP contribution in [-0.2, 0) is 19.6 Å². The van der Waals surface area contributed by atoms with Gasteiger partial charge in [-0.25, -0.2) is 13.1 Å². The van der Waals surface area contributed by atoms with Gasteiger partial charge < -0.3 is 15.8 Å². The van der Waals surface area contributed by atoms with Crippen LogP contribution in [0.2, 0.25) is 5.02 Å². The number of sulfonamides is 1. The first kappa shape index (κ1) is 22.1. The van der Waals surface area contributed by atoms with Crippen molar-refractivity contribution in [1.82, 2.24) is 10.0 Å². The Bertz CT molecular complexity index is 679. The van der Waals surface area contributed by atoms with Crippen molar-refractivity contribution in [2.45, 2.75) is 17.7 Å². The van der Waals surface area contributed by atoms with E-state index in [9.17, 15) is 13.2 Å². The van der Waals surface area contributed by atoms with E-state index in [1.165, 1.54) is 12.1 Å². The van der Waals surface area contributed by atoms with Crippen LogP contribution in [-0.4, -0.2) is 47.2 Å². The lowest BCUT2D eigenvalue weighted by Crippen LogP contribution is -2.50. The number of nitrogens with two attached hydrogens (primary N) is 1. The van der Waals surface area contributed by atoms with E-state index in [-0.39, 0.29) is 42.8 Å². The van der Waals surface area contributed by atoms with Crippen molar-refractivity contribution in [3.8, 4) is 0 Å². The van der Waals surface area contributed by atoms with Gasteiger partial charge in [0.1, 0.15) is 0 Å². The molecular formula is C15H23Cl2N3O4S. The molecule has 1 amide bonds. The van der Waals surface area contributed by atoms with Crippen LogP contribution in [0.25, 0.3) is 0 Å². The molecule has 1 heterocycles. The monoisotopic (exact) mass is 411 g/mol. The summed E-state index contributed by atoms with van der Waals surface area (Å²) in [5.74, 6) is -0.157. The van der Waals surface area contributed by atoms with E-state index in [0.29, 0.717) is 31.1 Å². The smallest absolute Gasteiger partial charge is 0.240 e. The molecule has 0 spiro atoms. The first-order valence-electron chi connectivity index (χ1n) is 7.71. The van der Waals surface area contributed by atoms with Crippen molar-refractivity contribution in [3.05, 3.63) is 29.3 Å². The fourth-order valence-corrected chi connectivity index (χ4v) is 3.88. The van der Waals surface area contributed by atoms with Gasteiger partial charge in [-0.1, -0.05) is 17.7 Å². The first-order chi connectivity index (χ1) is 11.4. The Morgan fingerprint density at radius 3 is 2.56 bits per heavy atom. The first-order valence-corrected chi connectivity index (χ1v) is 9.57. The third-order valence-corrected chi connectivity index (χ3v) is 5.83. The maximum Gasteiger partial charge on any atom is 0.240 e. The van der Waals surface area contributed by atoms with Gasteiger partial charge in [-0.15, -0.1) is 12.4 Å². The number of carbonyl (C=O) groups is 1. The van der Waals surface area contributed by atoms with Crippen LogP contribution < -0.4 is 15.8 Å². The number of rotatable bonds is 7. The standard InChI is InChI=1S/C15H22ClN3O4S.ClH/c16-12-2-1-3-13(10-12)24(21,22)19-7-6-18-14(20)15(11-17)4-8-23-9-5-15;/h1-3,10,19H,4-9,11,17H2,(H,18,20);1H. The molecule has 1 aliphatic heterocycles. The fourth-order valence-electron chi connectivity index (χ4n) is 2.55. The number of ether oxygens (including phenoxy) is 1. The molecule has 0 bridgehead atoms. The van der Waals surface area contributed by atoms with Crippen LogP contribution >= 0.6 is 24.0 Å². The average molecular weight is 412 g/mol. The van der Waals surface area contributed by atoms with Gasteiger partial charge in [-0.3, -0.25) is 4.79 Å². The van der Waals surface area contributed by atoms with E-state index in [2.05, 4.69) is 10.0 Å². The highest BCUT2D eigenvalue weighted by molar-refractivity contribution is 7.89. The Kier molecular flexibility index (Phi) is 8.59. The Morgan fingerprint density at radius 2 is 1.96 bits per heavy atom. The van der Waals surface area contributed by atoms with E-state index in [1.54, 1.807) is 12.1 Å². The zero-order chi connectivity index (χ0) is 17.6. The van der Waals surface area contributed by atoms with Gasteiger partial charge >= 0.3 is 0 Å². The highest BCUT2D eigenvalue weighted by Gasteiger charge is 2.38. The van der Waals surface area contributed by atoms with Crippen molar-refractivity contribution in [3.63, 3.8) is 0 Å². The maximum atomic E-state index is 12.3. The highest BCUT2D eigenvalue weighted by atomic mass is 35.5. The SMILES string of the molecule is Cl.NCC1(C(=O)NCCNS(=O)(=O)c2cccc(Cl)c2)CCOCC1. The molecule has 0 aliphatic carbocycles. The highest BCUT2D eigenvalue weighted by Crippen LogP contribution is 2.29. The normalized spacial score (nSPS) is 16.7. The van der Waals surface area contributed by atoms with Crippen LogP contribution in [0.4, 0.5) is 0 Å². The largest absolute Gasteiger partial charge is 0.381 e. The summed E-state index contributed by atoms with van der Waals surface area (Å²) in [7, 11) is -3.66. The lowest BCUT2D eigenvalue weighted by Gasteiger charge is -2.34. The predicted octanol–water partition coefficient (Wildman–Crippen LogP) is 0.912. The van der Waals surface area contributed by atoms with Crippen LogP contribution in [0, 0.1) is 5.41 Å². The van der Waals surface area contributed by atoms with Crippen LogP contribution in [0.1, 0.15) is 12.8 Å². The Morgan fingerprint density at radius 1 is 1.28 bits per heavy atom. The number of hydrogen-bond acceptors (Lipinski definition) is 5. The molecule has 1 aromatic rings. The minimum atomic E-state index is -3.66. The molecule has 0 aromatic heterocycles. The van der Waals surface area contributed by atoms with Crippen molar-refractivity contribution >= 4 is 39.9 Å². The fraction of sp³-hybridized carbons (Fsp3) is 0.533. The molecule has 7 nitrogen and oxygen atoms in total. The Labute approximate surface area is 159 Å². The molecule has 25 heavy (non-hydrogen) atoms. The van der Waals surface area contributed by atoms with Gasteiger partial charge in [0.15, 0.2) is 0 Å². The minimum absolute atomic E-state index is 0. The lowest BCUT2D eigenvalue weighted by atomic mass is 9.79. The number of amides is 1. The summed E-state index contributed by atoms with van der Waals surface area (Å²) in [4.78, 5) is 12.4. The molecule has 0 radical (unpaired) electrons. The van der Waals surface area contributed by atoms with Crippen molar-refractivity contribution < 1.29 is 17.9 Å². The molecule has 10 heteroatoms. The van der Waals surface area contributed by atoms with Crippen LogP contribution in [0.15, 0.2) is 29.2 Å².